The molecule has 45 heavy (non-hydrogen) atoms. The van der Waals surface area contributed by atoms with Gasteiger partial charge in [0.05, 0.1) is 28.0 Å². The number of benzene rings is 2. The Kier molecular flexibility index (Phi) is 9.92. The Labute approximate surface area is 267 Å². The van der Waals surface area contributed by atoms with E-state index < -0.39 is 60.0 Å². The average molecular weight is 730 g/mol. The highest BCUT2D eigenvalue weighted by Crippen LogP contribution is 2.24. The van der Waals surface area contributed by atoms with Gasteiger partial charge >= 0.3 is 11.9 Å². The molecule has 4 aromatic rings. The van der Waals surface area contributed by atoms with Gasteiger partial charge in [-0.25, -0.2) is 14.8 Å². The minimum atomic E-state index is -2.51. The van der Waals surface area contributed by atoms with Gasteiger partial charge in [-0.05, 0) is 71.0 Å². The number of aromatic hydroxyl groups is 1. The summed E-state index contributed by atoms with van der Waals surface area (Å²) in [6.07, 6.45) is 0.00210. The number of hydrogen-bond acceptors (Lipinski definition) is 12. The Hall–Kier alpha value is -5.17. The molecule has 2 atom stereocenters. The van der Waals surface area contributed by atoms with E-state index in [0.717, 1.165) is 0 Å². The molecule has 0 aliphatic heterocycles. The van der Waals surface area contributed by atoms with Crippen molar-refractivity contribution in [3.8, 4) is 5.75 Å². The van der Waals surface area contributed by atoms with E-state index in [0.29, 0.717) is 20.5 Å². The van der Waals surface area contributed by atoms with Gasteiger partial charge < -0.3 is 37.4 Å². The Balaban J connectivity index is 1.47. The van der Waals surface area contributed by atoms with E-state index in [1.54, 1.807) is 12.1 Å². The predicted molar refractivity (Wildman–Crippen MR) is 168 cm³/mol. The Morgan fingerprint density at radius 3 is 2.42 bits per heavy atom. The van der Waals surface area contributed by atoms with Crippen molar-refractivity contribution in [3.63, 3.8) is 0 Å². The highest BCUT2D eigenvalue weighted by molar-refractivity contribution is 14.1. The maximum atomic E-state index is 13.5. The predicted octanol–water partition coefficient (Wildman–Crippen LogP) is 0.775. The van der Waals surface area contributed by atoms with Crippen molar-refractivity contribution >= 4 is 69.0 Å². The minimum Gasteiger partial charge on any atom is -0.507 e. The quantitative estimate of drug-likeness (QED) is 0.0698. The van der Waals surface area contributed by atoms with Crippen LogP contribution in [0.25, 0.3) is 11.2 Å². The number of amides is 1. The summed E-state index contributed by atoms with van der Waals surface area (Å²) in [4.78, 5) is 76.8. The Bertz CT molecular complexity index is 1850. The maximum Gasteiger partial charge on any atom is 0.331 e. The first-order valence-corrected chi connectivity index (χ1v) is 14.3. The van der Waals surface area contributed by atoms with Crippen LogP contribution < -0.4 is 27.7 Å². The lowest BCUT2D eigenvalue weighted by molar-refractivity contribution is -0.149. The number of aromatic nitrogens is 4. The van der Waals surface area contributed by atoms with E-state index >= 15 is 0 Å². The molecule has 2 heterocycles. The Morgan fingerprint density at radius 1 is 1.07 bits per heavy atom. The summed E-state index contributed by atoms with van der Waals surface area (Å²) in [5, 5.41) is 34.4. The van der Waals surface area contributed by atoms with Crippen LogP contribution in [0.4, 0.5) is 11.6 Å². The van der Waals surface area contributed by atoms with Gasteiger partial charge in [0.2, 0.25) is 5.95 Å². The van der Waals surface area contributed by atoms with Crippen molar-refractivity contribution in [1.82, 2.24) is 25.3 Å². The smallest absolute Gasteiger partial charge is 0.331 e. The SMILES string of the molecule is Nc1nc2ncc(CNc3ccc(C(=O)N[C@@H](CCC(=O)O)C(=O)[C@](N)(Cc4ccc(O)c(I)c4)C(=O)O)cc3)nc2c(=O)[nH]1. The number of hydrogen-bond donors (Lipinski definition) is 8. The molecule has 0 fully saturated rings. The van der Waals surface area contributed by atoms with Gasteiger partial charge in [-0.1, -0.05) is 6.07 Å². The molecule has 0 unspecified atom stereocenters. The van der Waals surface area contributed by atoms with E-state index in [4.69, 9.17) is 11.5 Å². The number of phenols is 1. The lowest BCUT2D eigenvalue weighted by Crippen LogP contribution is -2.63. The van der Waals surface area contributed by atoms with E-state index in [1.807, 2.05) is 22.6 Å². The van der Waals surface area contributed by atoms with E-state index in [1.165, 1.54) is 36.5 Å². The molecule has 234 valence electrons. The molecule has 10 N–H and O–H groups in total. The number of carbonyl (C=O) groups is 4. The van der Waals surface area contributed by atoms with Crippen LogP contribution in [0.15, 0.2) is 53.5 Å². The molecule has 0 saturated carbocycles. The van der Waals surface area contributed by atoms with Gasteiger partial charge in [0.15, 0.2) is 22.5 Å². The van der Waals surface area contributed by atoms with Gasteiger partial charge in [-0.2, -0.15) is 4.98 Å². The van der Waals surface area contributed by atoms with Crippen LogP contribution in [0.1, 0.15) is 34.5 Å². The number of phenolic OH excluding ortho intramolecular Hbond substituents is 1. The summed E-state index contributed by atoms with van der Waals surface area (Å²) in [6, 6.07) is 8.66. The third-order valence-electron chi connectivity index (χ3n) is 6.69. The number of nitrogen functional groups attached to an aromatic ring is 1. The number of anilines is 2. The summed E-state index contributed by atoms with van der Waals surface area (Å²) in [5.74, 6) is -4.89. The number of nitrogens with zero attached hydrogens (tertiary/aromatic N) is 3. The second-order valence-electron chi connectivity index (χ2n) is 9.98. The molecule has 17 heteroatoms. The number of ketones is 1. The summed E-state index contributed by atoms with van der Waals surface area (Å²) >= 11 is 1.83. The fourth-order valence-electron chi connectivity index (χ4n) is 4.33. The standard InChI is InChI=1S/C28H27IN8O8/c29-17-9-13(1-7-19(17)38)10-28(31,26(44)45)22(41)18(6-8-20(39)40)35-24(42)14-2-4-15(5-3-14)32-11-16-12-33-23-21(34-16)25(43)37-27(30)36-23/h1-5,7,9,12,18,32,38H,6,8,10-11,31H2,(H,35,42)(H,39,40)(H,44,45)(H3,30,33,36,37,43)/t18-,28+/m0/s1. The van der Waals surface area contributed by atoms with Crippen molar-refractivity contribution in [2.45, 2.75) is 37.4 Å². The minimum absolute atomic E-state index is 0.0183. The molecular weight excluding hydrogens is 703 g/mol. The fourth-order valence-corrected chi connectivity index (χ4v) is 4.91. The van der Waals surface area contributed by atoms with Crippen molar-refractivity contribution in [3.05, 3.63) is 79.4 Å². The number of H-pyrrole nitrogens is 1. The number of carboxylic acid groups (broad SMARTS) is 2. The highest BCUT2D eigenvalue weighted by atomic mass is 127. The molecule has 0 aliphatic carbocycles. The molecular formula is C28H27IN8O8. The van der Waals surface area contributed by atoms with Crippen LogP contribution in [0.2, 0.25) is 0 Å². The summed E-state index contributed by atoms with van der Waals surface area (Å²) in [6.45, 7) is 0.165. The number of aliphatic carboxylic acids is 2. The van der Waals surface area contributed by atoms with E-state index in [-0.39, 0.29) is 35.0 Å². The van der Waals surface area contributed by atoms with Crippen LogP contribution in [-0.2, 0) is 27.3 Å². The van der Waals surface area contributed by atoms with Crippen molar-refractivity contribution in [2.75, 3.05) is 11.1 Å². The second-order valence-corrected chi connectivity index (χ2v) is 11.1. The molecule has 2 aromatic carbocycles. The first kappa shape index (κ1) is 32.7. The zero-order valence-corrected chi connectivity index (χ0v) is 25.4. The monoisotopic (exact) mass is 730 g/mol. The Morgan fingerprint density at radius 2 is 1.78 bits per heavy atom. The maximum absolute atomic E-state index is 13.5. The molecule has 16 nitrogen and oxygen atoms in total. The van der Waals surface area contributed by atoms with E-state index in [2.05, 4.69) is 30.6 Å². The lowest BCUT2D eigenvalue weighted by Gasteiger charge is -2.28. The van der Waals surface area contributed by atoms with Crippen LogP contribution in [0.3, 0.4) is 0 Å². The zero-order chi connectivity index (χ0) is 32.9. The number of nitrogens with two attached hydrogens (primary N) is 2. The van der Waals surface area contributed by atoms with E-state index in [9.17, 15) is 39.3 Å². The molecule has 0 saturated heterocycles. The number of carboxylic acids is 2. The number of nitrogens with one attached hydrogen (secondary N) is 3. The number of aromatic amines is 1. The molecule has 0 aliphatic rings. The van der Waals surface area contributed by atoms with Crippen LogP contribution >= 0.6 is 22.6 Å². The first-order chi connectivity index (χ1) is 21.3. The average Bonchev–Trinajstić information content (AvgIpc) is 2.99. The molecule has 4 rings (SSSR count). The van der Waals surface area contributed by atoms with Crippen molar-refractivity contribution in [2.24, 2.45) is 5.73 Å². The largest absolute Gasteiger partial charge is 0.507 e. The molecule has 0 spiro atoms. The molecule has 2 aromatic heterocycles. The number of carbonyl (C=O) groups excluding carboxylic acids is 2. The normalized spacial score (nSPS) is 13.0. The van der Waals surface area contributed by atoms with Crippen molar-refractivity contribution in [1.29, 1.82) is 0 Å². The van der Waals surface area contributed by atoms with Crippen LogP contribution in [0, 0.1) is 3.57 Å². The fraction of sp³-hybridized carbons (Fsp3) is 0.214. The van der Waals surface area contributed by atoms with Gasteiger partial charge in [-0.3, -0.25) is 24.2 Å². The van der Waals surface area contributed by atoms with Crippen LogP contribution in [0.5, 0.6) is 5.75 Å². The summed E-state index contributed by atoms with van der Waals surface area (Å²) in [7, 11) is 0. The molecule has 0 bridgehead atoms. The molecule has 1 amide bonds. The van der Waals surface area contributed by atoms with Crippen LogP contribution in [-0.4, -0.2) is 70.5 Å². The number of rotatable bonds is 13. The van der Waals surface area contributed by atoms with Gasteiger partial charge in [0, 0.05) is 24.1 Å². The molecule has 0 radical (unpaired) electrons. The second kappa shape index (κ2) is 13.6. The third-order valence-corrected chi connectivity index (χ3v) is 7.56. The summed E-state index contributed by atoms with van der Waals surface area (Å²) < 4.78 is 0.405. The third kappa shape index (κ3) is 7.87. The number of Topliss-reactive ketones (excluding diaryl/α,β-unsaturated/α-hetero) is 1. The topological polar surface area (TPSA) is 277 Å². The summed E-state index contributed by atoms with van der Waals surface area (Å²) in [5.41, 5.74) is 10.1. The van der Waals surface area contributed by atoms with Gasteiger partial charge in [-0.15, -0.1) is 0 Å². The highest BCUT2D eigenvalue weighted by Gasteiger charge is 2.46. The van der Waals surface area contributed by atoms with Gasteiger partial charge in [0.25, 0.3) is 11.5 Å². The lowest BCUT2D eigenvalue weighted by atomic mass is 9.83. The number of halogens is 1. The van der Waals surface area contributed by atoms with Crippen molar-refractivity contribution < 1.29 is 34.5 Å². The zero-order valence-electron chi connectivity index (χ0n) is 23.3. The van der Waals surface area contributed by atoms with Gasteiger partial charge in [0.1, 0.15) is 5.75 Å². The number of fused-ring (bicyclic) bond motifs is 1. The first-order valence-electron chi connectivity index (χ1n) is 13.2.